The van der Waals surface area contributed by atoms with Crippen molar-refractivity contribution >= 4 is 17.8 Å². The number of carbonyl (C=O) groups is 3. The first-order valence-electron chi connectivity index (χ1n) is 7.98. The smallest absolute Gasteiger partial charge is 0.347 e. The standard InChI is InChI=1S/C17H24N2O5/c1-3-10-18-15(20)11-19-16(21)12-23-17(22)14(4-2)24-13-8-6-5-7-9-13/h5-9,14H,3-4,10-12H2,1-2H3,(H,18,20)(H,19,21)/t14-/m0/s1. The van der Waals surface area contributed by atoms with Crippen LogP contribution < -0.4 is 15.4 Å². The number of benzene rings is 1. The predicted octanol–water partition coefficient (Wildman–Crippen LogP) is 1.03. The highest BCUT2D eigenvalue weighted by molar-refractivity contribution is 5.86. The fraction of sp³-hybridized carbons (Fsp3) is 0.471. The van der Waals surface area contributed by atoms with E-state index in [9.17, 15) is 14.4 Å². The van der Waals surface area contributed by atoms with Gasteiger partial charge in [0.05, 0.1) is 6.54 Å². The van der Waals surface area contributed by atoms with Crippen molar-refractivity contribution in [2.24, 2.45) is 0 Å². The Balaban J connectivity index is 2.32. The van der Waals surface area contributed by atoms with Gasteiger partial charge in [-0.1, -0.05) is 32.0 Å². The minimum atomic E-state index is -0.784. The number of esters is 1. The lowest BCUT2D eigenvalue weighted by Crippen LogP contribution is -2.39. The van der Waals surface area contributed by atoms with Gasteiger partial charge in [-0.2, -0.15) is 0 Å². The van der Waals surface area contributed by atoms with E-state index < -0.39 is 24.6 Å². The summed E-state index contributed by atoms with van der Waals surface area (Å²) in [6.45, 7) is 3.67. The summed E-state index contributed by atoms with van der Waals surface area (Å²) >= 11 is 0. The quantitative estimate of drug-likeness (QED) is 0.623. The Labute approximate surface area is 141 Å². The van der Waals surface area contributed by atoms with Gasteiger partial charge in [-0.15, -0.1) is 0 Å². The van der Waals surface area contributed by atoms with Crippen molar-refractivity contribution in [2.75, 3.05) is 19.7 Å². The molecule has 7 nitrogen and oxygen atoms in total. The molecule has 24 heavy (non-hydrogen) atoms. The molecular weight excluding hydrogens is 312 g/mol. The molecule has 1 rings (SSSR count). The van der Waals surface area contributed by atoms with Crippen LogP contribution in [0.15, 0.2) is 30.3 Å². The third-order valence-corrected chi connectivity index (χ3v) is 3.02. The van der Waals surface area contributed by atoms with Gasteiger partial charge in [0.1, 0.15) is 5.75 Å². The molecular formula is C17H24N2O5. The third-order valence-electron chi connectivity index (χ3n) is 3.02. The highest BCUT2D eigenvalue weighted by Gasteiger charge is 2.21. The average Bonchev–Trinajstić information content (AvgIpc) is 2.61. The van der Waals surface area contributed by atoms with Crippen molar-refractivity contribution in [1.29, 1.82) is 0 Å². The topological polar surface area (TPSA) is 93.7 Å². The second-order valence-corrected chi connectivity index (χ2v) is 5.06. The summed E-state index contributed by atoms with van der Waals surface area (Å²) in [6, 6.07) is 8.90. The van der Waals surface area contributed by atoms with E-state index >= 15 is 0 Å². The summed E-state index contributed by atoms with van der Waals surface area (Å²) < 4.78 is 10.5. The Morgan fingerprint density at radius 3 is 2.38 bits per heavy atom. The monoisotopic (exact) mass is 336 g/mol. The van der Waals surface area contributed by atoms with Gasteiger partial charge < -0.3 is 20.1 Å². The number of hydrogen-bond donors (Lipinski definition) is 2. The molecule has 2 N–H and O–H groups in total. The average molecular weight is 336 g/mol. The van der Waals surface area contributed by atoms with E-state index in [4.69, 9.17) is 9.47 Å². The van der Waals surface area contributed by atoms with Crippen LogP contribution in [0.4, 0.5) is 0 Å². The van der Waals surface area contributed by atoms with E-state index in [1.165, 1.54) is 0 Å². The second-order valence-electron chi connectivity index (χ2n) is 5.06. The molecule has 1 atom stereocenters. The molecule has 0 spiro atoms. The Morgan fingerprint density at radius 1 is 1.04 bits per heavy atom. The van der Waals surface area contributed by atoms with Crippen molar-refractivity contribution in [1.82, 2.24) is 10.6 Å². The van der Waals surface area contributed by atoms with Crippen LogP contribution in [0.2, 0.25) is 0 Å². The summed E-state index contributed by atoms with van der Waals surface area (Å²) in [7, 11) is 0. The Bertz CT molecular complexity index is 533. The molecule has 1 aromatic rings. The molecule has 2 amide bonds. The number of ether oxygens (including phenoxy) is 2. The van der Waals surface area contributed by atoms with Crippen LogP contribution >= 0.6 is 0 Å². The van der Waals surface area contributed by atoms with Crippen LogP contribution in [0.3, 0.4) is 0 Å². The van der Waals surface area contributed by atoms with Crippen molar-refractivity contribution < 1.29 is 23.9 Å². The molecule has 0 fully saturated rings. The molecule has 0 saturated heterocycles. The molecule has 0 aliphatic heterocycles. The molecule has 0 saturated carbocycles. The lowest BCUT2D eigenvalue weighted by molar-refractivity contribution is -0.155. The molecule has 0 heterocycles. The number of amides is 2. The Kier molecular flexibility index (Phi) is 8.96. The van der Waals surface area contributed by atoms with Crippen molar-refractivity contribution in [3.63, 3.8) is 0 Å². The van der Waals surface area contributed by atoms with Gasteiger partial charge in [0, 0.05) is 6.54 Å². The lowest BCUT2D eigenvalue weighted by atomic mass is 10.2. The van der Waals surface area contributed by atoms with E-state index in [-0.39, 0.29) is 12.5 Å². The van der Waals surface area contributed by atoms with Gasteiger partial charge in [-0.25, -0.2) is 4.79 Å². The zero-order chi connectivity index (χ0) is 17.8. The van der Waals surface area contributed by atoms with E-state index in [1.54, 1.807) is 31.2 Å². The number of para-hydroxylation sites is 1. The fourth-order valence-electron chi connectivity index (χ4n) is 1.75. The van der Waals surface area contributed by atoms with Crippen LogP contribution in [0, 0.1) is 0 Å². The number of nitrogens with one attached hydrogen (secondary N) is 2. The van der Waals surface area contributed by atoms with E-state index in [0.29, 0.717) is 18.7 Å². The zero-order valence-corrected chi connectivity index (χ0v) is 14.0. The maximum atomic E-state index is 12.0. The van der Waals surface area contributed by atoms with Crippen molar-refractivity contribution in [3.8, 4) is 5.75 Å². The minimum absolute atomic E-state index is 0.145. The molecule has 0 radical (unpaired) electrons. The SMILES string of the molecule is CCCNC(=O)CNC(=O)COC(=O)[C@H](CC)Oc1ccccc1. The first-order valence-corrected chi connectivity index (χ1v) is 7.98. The van der Waals surface area contributed by atoms with Crippen LogP contribution in [-0.4, -0.2) is 43.6 Å². The predicted molar refractivity (Wildman–Crippen MR) is 88.4 cm³/mol. The van der Waals surface area contributed by atoms with Gasteiger partial charge in [-0.3, -0.25) is 9.59 Å². The normalized spacial score (nSPS) is 11.2. The minimum Gasteiger partial charge on any atom is -0.479 e. The largest absolute Gasteiger partial charge is 0.479 e. The van der Waals surface area contributed by atoms with Crippen LogP contribution in [0.5, 0.6) is 5.75 Å². The van der Waals surface area contributed by atoms with Crippen LogP contribution in [-0.2, 0) is 19.1 Å². The summed E-state index contributed by atoms with van der Waals surface area (Å²) in [5, 5.41) is 5.01. The molecule has 7 heteroatoms. The number of carbonyl (C=O) groups excluding carboxylic acids is 3. The van der Waals surface area contributed by atoms with E-state index in [1.807, 2.05) is 13.0 Å². The maximum absolute atomic E-state index is 12.0. The summed E-state index contributed by atoms with van der Waals surface area (Å²) in [5.74, 6) is -0.884. The molecule has 1 aromatic carbocycles. The fourth-order valence-corrected chi connectivity index (χ4v) is 1.75. The molecule has 132 valence electrons. The summed E-state index contributed by atoms with van der Waals surface area (Å²) in [5.41, 5.74) is 0. The molecule has 0 bridgehead atoms. The first-order chi connectivity index (χ1) is 11.6. The van der Waals surface area contributed by atoms with Gasteiger partial charge in [-0.05, 0) is 25.0 Å². The summed E-state index contributed by atoms with van der Waals surface area (Å²) in [6.07, 6.45) is 0.444. The second kappa shape index (κ2) is 11.0. The highest BCUT2D eigenvalue weighted by atomic mass is 16.6. The Morgan fingerprint density at radius 2 is 1.75 bits per heavy atom. The van der Waals surface area contributed by atoms with Crippen molar-refractivity contribution in [3.05, 3.63) is 30.3 Å². The van der Waals surface area contributed by atoms with Gasteiger partial charge in [0.2, 0.25) is 5.91 Å². The number of rotatable bonds is 10. The highest BCUT2D eigenvalue weighted by Crippen LogP contribution is 2.13. The zero-order valence-electron chi connectivity index (χ0n) is 14.0. The molecule has 0 aliphatic rings. The van der Waals surface area contributed by atoms with Crippen LogP contribution in [0.25, 0.3) is 0 Å². The van der Waals surface area contributed by atoms with Gasteiger partial charge in [0.25, 0.3) is 5.91 Å². The summed E-state index contributed by atoms with van der Waals surface area (Å²) in [4.78, 5) is 34.9. The van der Waals surface area contributed by atoms with E-state index in [0.717, 1.165) is 6.42 Å². The van der Waals surface area contributed by atoms with Crippen LogP contribution in [0.1, 0.15) is 26.7 Å². The van der Waals surface area contributed by atoms with Gasteiger partial charge in [0.15, 0.2) is 12.7 Å². The molecule has 0 aliphatic carbocycles. The Hall–Kier alpha value is -2.57. The lowest BCUT2D eigenvalue weighted by Gasteiger charge is -2.16. The van der Waals surface area contributed by atoms with Gasteiger partial charge >= 0.3 is 5.97 Å². The third kappa shape index (κ3) is 7.62. The van der Waals surface area contributed by atoms with Crippen molar-refractivity contribution in [2.45, 2.75) is 32.8 Å². The molecule has 0 aromatic heterocycles. The maximum Gasteiger partial charge on any atom is 0.347 e. The number of hydrogen-bond acceptors (Lipinski definition) is 5. The van der Waals surface area contributed by atoms with E-state index in [2.05, 4.69) is 10.6 Å². The molecule has 0 unspecified atom stereocenters. The first kappa shape index (κ1) is 19.5.